The second-order valence-corrected chi connectivity index (χ2v) is 3.96. The van der Waals surface area contributed by atoms with Gasteiger partial charge in [0.05, 0.1) is 11.6 Å². The fraction of sp³-hybridized carbons (Fsp3) is 0.143. The average Bonchev–Trinajstić information content (AvgIpc) is 3.06. The Balaban J connectivity index is 2.33. The number of hydrogen-bond donors (Lipinski definition) is 0. The van der Waals surface area contributed by atoms with Gasteiger partial charge in [-0.05, 0) is 12.1 Å². The van der Waals surface area contributed by atoms with E-state index in [0.717, 1.165) is 4.68 Å². The van der Waals surface area contributed by atoms with Crippen molar-refractivity contribution in [3.05, 3.63) is 60.7 Å². The van der Waals surface area contributed by atoms with Crippen molar-refractivity contribution >= 4 is 5.71 Å². The van der Waals surface area contributed by atoms with Crippen molar-refractivity contribution in [1.29, 1.82) is 5.26 Å². The van der Waals surface area contributed by atoms with Gasteiger partial charge in [-0.15, -0.1) is 0 Å². The summed E-state index contributed by atoms with van der Waals surface area (Å²) in [7, 11) is 0. The Morgan fingerprint density at radius 2 is 2.29 bits per heavy atom. The van der Waals surface area contributed by atoms with Gasteiger partial charge in [-0.3, -0.25) is 0 Å². The second kappa shape index (κ2) is 6.96. The predicted octanol–water partition coefficient (Wildman–Crippen LogP) is 2.22. The molecule has 0 radical (unpaired) electrons. The van der Waals surface area contributed by atoms with Gasteiger partial charge in [0.25, 0.3) is 0 Å². The first-order valence-electron chi connectivity index (χ1n) is 6.05. The topological polar surface area (TPSA) is 76.1 Å². The number of nitrogens with zero attached hydrogens (tertiary/aromatic N) is 5. The number of hydrogen-bond acceptors (Lipinski definition) is 5. The molecule has 0 amide bonds. The van der Waals surface area contributed by atoms with Gasteiger partial charge in [0.1, 0.15) is 25.0 Å². The summed E-state index contributed by atoms with van der Waals surface area (Å²) >= 11 is 0. The molecule has 1 atom stereocenters. The second-order valence-electron chi connectivity index (χ2n) is 3.96. The fourth-order valence-electron chi connectivity index (χ4n) is 1.57. The molecule has 0 N–H and O–H groups in total. The SMILES string of the molecule is C=CCON=C(c1ccc(C#N)cc1)C(F)n1cncn1. The summed E-state index contributed by atoms with van der Waals surface area (Å²) in [5.74, 6) is 0. The molecule has 0 aliphatic carbocycles. The lowest BCUT2D eigenvalue weighted by Gasteiger charge is -2.11. The van der Waals surface area contributed by atoms with Gasteiger partial charge < -0.3 is 4.84 Å². The highest BCUT2D eigenvalue weighted by Gasteiger charge is 2.20. The molecule has 6 nitrogen and oxygen atoms in total. The van der Waals surface area contributed by atoms with E-state index in [4.69, 9.17) is 10.1 Å². The minimum absolute atomic E-state index is 0.0341. The molecule has 2 rings (SSSR count). The zero-order valence-electron chi connectivity index (χ0n) is 11.1. The summed E-state index contributed by atoms with van der Waals surface area (Å²) in [4.78, 5) is 8.68. The van der Waals surface area contributed by atoms with Gasteiger partial charge in [0.2, 0.25) is 6.30 Å². The molecule has 1 aromatic carbocycles. The Hall–Kier alpha value is -3.01. The van der Waals surface area contributed by atoms with Crippen molar-refractivity contribution in [2.24, 2.45) is 5.16 Å². The molecular weight excluding hydrogens is 273 g/mol. The van der Waals surface area contributed by atoms with Crippen LogP contribution in [0.3, 0.4) is 0 Å². The molecule has 2 aromatic rings. The van der Waals surface area contributed by atoms with E-state index in [-0.39, 0.29) is 12.3 Å². The summed E-state index contributed by atoms with van der Waals surface area (Å²) in [5.41, 5.74) is 0.995. The van der Waals surface area contributed by atoms with E-state index >= 15 is 0 Å². The van der Waals surface area contributed by atoms with Gasteiger partial charge in [-0.2, -0.15) is 10.4 Å². The minimum Gasteiger partial charge on any atom is -0.391 e. The fourth-order valence-corrected chi connectivity index (χ4v) is 1.57. The van der Waals surface area contributed by atoms with Crippen molar-refractivity contribution < 1.29 is 9.23 Å². The van der Waals surface area contributed by atoms with E-state index in [9.17, 15) is 4.39 Å². The summed E-state index contributed by atoms with van der Waals surface area (Å²) in [6.07, 6.45) is 2.33. The highest BCUT2D eigenvalue weighted by atomic mass is 19.1. The van der Waals surface area contributed by atoms with Crippen LogP contribution < -0.4 is 0 Å². The lowest BCUT2D eigenvalue weighted by atomic mass is 10.1. The third-order valence-corrected chi connectivity index (χ3v) is 2.56. The van der Waals surface area contributed by atoms with E-state index in [1.165, 1.54) is 18.7 Å². The van der Waals surface area contributed by atoms with E-state index in [0.29, 0.717) is 11.1 Å². The van der Waals surface area contributed by atoms with Crippen LogP contribution in [-0.4, -0.2) is 27.1 Å². The molecule has 0 saturated carbocycles. The maximum Gasteiger partial charge on any atom is 0.239 e. The molecule has 21 heavy (non-hydrogen) atoms. The maximum atomic E-state index is 14.5. The largest absolute Gasteiger partial charge is 0.391 e. The maximum absolute atomic E-state index is 14.5. The number of rotatable bonds is 6. The average molecular weight is 285 g/mol. The van der Waals surface area contributed by atoms with Crippen LogP contribution in [0.1, 0.15) is 17.4 Å². The summed E-state index contributed by atoms with van der Waals surface area (Å²) < 4.78 is 15.5. The van der Waals surface area contributed by atoms with Crippen LogP contribution in [0.4, 0.5) is 4.39 Å². The van der Waals surface area contributed by atoms with Crippen molar-refractivity contribution in [1.82, 2.24) is 14.8 Å². The van der Waals surface area contributed by atoms with Gasteiger partial charge in [0.15, 0.2) is 0 Å². The van der Waals surface area contributed by atoms with Crippen LogP contribution in [0.2, 0.25) is 0 Å². The molecular formula is C14H12FN5O. The van der Waals surface area contributed by atoms with E-state index in [1.54, 1.807) is 24.3 Å². The number of nitriles is 1. The molecule has 106 valence electrons. The summed E-state index contributed by atoms with van der Waals surface area (Å²) in [6, 6.07) is 8.34. The number of halogens is 1. The van der Waals surface area contributed by atoms with Gasteiger partial charge in [0, 0.05) is 5.56 Å². The summed E-state index contributed by atoms with van der Waals surface area (Å²) in [6.45, 7) is 3.65. The van der Waals surface area contributed by atoms with E-state index in [2.05, 4.69) is 21.8 Å². The molecule has 0 aliphatic heterocycles. The molecule has 0 spiro atoms. The number of oxime groups is 1. The molecule has 7 heteroatoms. The lowest BCUT2D eigenvalue weighted by Crippen LogP contribution is -2.17. The minimum atomic E-state index is -1.65. The van der Waals surface area contributed by atoms with Gasteiger partial charge in [-0.25, -0.2) is 14.1 Å². The Morgan fingerprint density at radius 1 is 1.52 bits per heavy atom. The number of alkyl halides is 1. The quantitative estimate of drug-likeness (QED) is 0.353. The Kier molecular flexibility index (Phi) is 4.77. The first-order valence-corrected chi connectivity index (χ1v) is 6.05. The molecule has 0 bridgehead atoms. The number of aromatic nitrogens is 3. The highest BCUT2D eigenvalue weighted by Crippen LogP contribution is 2.17. The van der Waals surface area contributed by atoms with Crippen LogP contribution in [0.25, 0.3) is 0 Å². The zero-order chi connectivity index (χ0) is 15.1. The standard InChI is InChI=1S/C14H12FN5O/c1-2-7-21-19-13(14(15)20-10-17-9-18-20)12-5-3-11(8-16)4-6-12/h2-6,9-10,14H,1,7H2. The van der Waals surface area contributed by atoms with Crippen LogP contribution >= 0.6 is 0 Å². The summed E-state index contributed by atoms with van der Waals surface area (Å²) in [5, 5.41) is 16.3. The van der Waals surface area contributed by atoms with Crippen LogP contribution in [0.15, 0.2) is 54.7 Å². The monoisotopic (exact) mass is 285 g/mol. The Labute approximate surface area is 120 Å². The van der Waals surface area contributed by atoms with Gasteiger partial charge >= 0.3 is 0 Å². The lowest BCUT2D eigenvalue weighted by molar-refractivity contribution is 0.168. The first kappa shape index (κ1) is 14.4. The number of benzene rings is 1. The van der Waals surface area contributed by atoms with Gasteiger partial charge in [-0.1, -0.05) is 29.9 Å². The van der Waals surface area contributed by atoms with E-state index in [1.807, 2.05) is 6.07 Å². The molecule has 0 aliphatic rings. The third kappa shape index (κ3) is 3.51. The van der Waals surface area contributed by atoms with Crippen LogP contribution in [0.5, 0.6) is 0 Å². The zero-order valence-corrected chi connectivity index (χ0v) is 11.1. The van der Waals surface area contributed by atoms with Crippen molar-refractivity contribution in [3.63, 3.8) is 0 Å². The third-order valence-electron chi connectivity index (χ3n) is 2.56. The molecule has 1 aromatic heterocycles. The molecule has 1 heterocycles. The molecule has 0 saturated heterocycles. The Bertz CT molecular complexity index is 658. The highest BCUT2D eigenvalue weighted by molar-refractivity contribution is 6.02. The molecule has 1 unspecified atom stereocenters. The smallest absolute Gasteiger partial charge is 0.239 e. The van der Waals surface area contributed by atoms with Crippen molar-refractivity contribution in [3.8, 4) is 6.07 Å². The predicted molar refractivity (Wildman–Crippen MR) is 74.0 cm³/mol. The van der Waals surface area contributed by atoms with Crippen LogP contribution in [-0.2, 0) is 4.84 Å². The van der Waals surface area contributed by atoms with E-state index < -0.39 is 6.30 Å². The molecule has 0 fully saturated rings. The first-order chi connectivity index (χ1) is 10.3. The van der Waals surface area contributed by atoms with Crippen molar-refractivity contribution in [2.75, 3.05) is 6.61 Å². The van der Waals surface area contributed by atoms with Crippen molar-refractivity contribution in [2.45, 2.75) is 6.30 Å². The van der Waals surface area contributed by atoms with Crippen LogP contribution in [0, 0.1) is 11.3 Å². The normalized spacial score (nSPS) is 12.5. The Morgan fingerprint density at radius 3 is 2.86 bits per heavy atom.